The second kappa shape index (κ2) is 7.78. The molecule has 160 valence electrons. The maximum Gasteiger partial charge on any atom is 0.416 e. The number of alkyl halides is 3. The quantitative estimate of drug-likeness (QED) is 0.745. The van der Waals surface area contributed by atoms with Crippen LogP contribution in [0.15, 0.2) is 48.5 Å². The van der Waals surface area contributed by atoms with Crippen LogP contribution < -0.4 is 4.90 Å². The van der Waals surface area contributed by atoms with E-state index in [9.17, 15) is 23.1 Å². The van der Waals surface area contributed by atoms with E-state index in [1.807, 2.05) is 4.90 Å². The third kappa shape index (κ3) is 4.01. The van der Waals surface area contributed by atoms with Gasteiger partial charge in [0.05, 0.1) is 11.0 Å². The number of benzene rings is 2. The van der Waals surface area contributed by atoms with Gasteiger partial charge in [-0.15, -0.1) is 0 Å². The maximum absolute atomic E-state index is 13.0. The Bertz CT molecular complexity index is 927. The van der Waals surface area contributed by atoms with Gasteiger partial charge in [-0.2, -0.15) is 13.2 Å². The first-order chi connectivity index (χ1) is 14.2. The maximum atomic E-state index is 13.0. The molecule has 2 aromatic carbocycles. The predicted molar refractivity (Wildman–Crippen MR) is 109 cm³/mol. The first-order valence-electron chi connectivity index (χ1n) is 9.84. The van der Waals surface area contributed by atoms with Crippen molar-refractivity contribution in [2.24, 2.45) is 5.92 Å². The van der Waals surface area contributed by atoms with Gasteiger partial charge in [-0.25, -0.2) is 0 Å². The van der Waals surface area contributed by atoms with E-state index < -0.39 is 23.1 Å². The Kier molecular flexibility index (Phi) is 5.45. The fourth-order valence-electron chi connectivity index (χ4n) is 4.42. The van der Waals surface area contributed by atoms with Gasteiger partial charge in [-0.1, -0.05) is 29.8 Å². The monoisotopic (exact) mass is 438 g/mol. The standard InChI is InChI=1S/C22H22ClF3N2O2/c23-18-6-4-15(5-7-18)21(20(29)30)13-17(21)14-27-8-10-28(11-9-27)19-3-1-2-16(12-19)22(24,25)26/h1-7,12,17H,8-11,13-14H2,(H,29,30). The van der Waals surface area contributed by atoms with Crippen molar-refractivity contribution in [2.45, 2.75) is 18.0 Å². The Balaban J connectivity index is 1.38. The van der Waals surface area contributed by atoms with Crippen LogP contribution in [0.1, 0.15) is 17.5 Å². The fourth-order valence-corrected chi connectivity index (χ4v) is 4.54. The number of piperazine rings is 1. The number of aliphatic carboxylic acids is 1. The Morgan fingerprint density at radius 2 is 1.77 bits per heavy atom. The minimum Gasteiger partial charge on any atom is -0.481 e. The minimum atomic E-state index is -4.36. The number of anilines is 1. The molecule has 0 radical (unpaired) electrons. The van der Waals surface area contributed by atoms with E-state index >= 15 is 0 Å². The number of carboxylic acids is 1. The summed E-state index contributed by atoms with van der Waals surface area (Å²) in [5.74, 6) is -0.811. The van der Waals surface area contributed by atoms with Crippen LogP contribution >= 0.6 is 11.6 Å². The summed E-state index contributed by atoms with van der Waals surface area (Å²) in [4.78, 5) is 16.2. The number of nitrogens with zero attached hydrogens (tertiary/aromatic N) is 2. The number of hydrogen-bond donors (Lipinski definition) is 1. The molecule has 1 aliphatic heterocycles. The number of carbonyl (C=O) groups is 1. The molecule has 2 atom stereocenters. The third-order valence-electron chi connectivity index (χ3n) is 6.24. The van der Waals surface area contributed by atoms with Crippen molar-refractivity contribution < 1.29 is 23.1 Å². The molecule has 0 bridgehead atoms. The minimum absolute atomic E-state index is 0.0104. The van der Waals surface area contributed by atoms with Crippen LogP contribution in [0.5, 0.6) is 0 Å². The van der Waals surface area contributed by atoms with Crippen molar-refractivity contribution in [3.8, 4) is 0 Å². The summed E-state index contributed by atoms with van der Waals surface area (Å²) in [6.45, 7) is 3.24. The zero-order valence-electron chi connectivity index (χ0n) is 16.2. The number of halogens is 4. The number of carboxylic acid groups (broad SMARTS) is 1. The Morgan fingerprint density at radius 1 is 1.10 bits per heavy atom. The lowest BCUT2D eigenvalue weighted by Gasteiger charge is -2.36. The molecule has 1 aliphatic carbocycles. The van der Waals surface area contributed by atoms with Crippen LogP contribution in [0.2, 0.25) is 5.02 Å². The zero-order chi connectivity index (χ0) is 21.5. The van der Waals surface area contributed by atoms with Gasteiger partial charge in [0, 0.05) is 43.4 Å². The summed E-state index contributed by atoms with van der Waals surface area (Å²) in [5.41, 5.74) is -0.179. The Hall–Kier alpha value is -2.25. The summed E-state index contributed by atoms with van der Waals surface area (Å²) < 4.78 is 38.9. The molecule has 1 N–H and O–H groups in total. The van der Waals surface area contributed by atoms with Gasteiger partial charge < -0.3 is 10.0 Å². The predicted octanol–water partition coefficient (Wildman–Crippen LogP) is 4.52. The molecule has 2 unspecified atom stereocenters. The molecule has 30 heavy (non-hydrogen) atoms. The Morgan fingerprint density at radius 3 is 2.37 bits per heavy atom. The Labute approximate surface area is 177 Å². The van der Waals surface area contributed by atoms with Crippen molar-refractivity contribution in [1.29, 1.82) is 0 Å². The van der Waals surface area contributed by atoms with Crippen LogP contribution in [-0.4, -0.2) is 48.7 Å². The molecular formula is C22H22ClF3N2O2. The lowest BCUT2D eigenvalue weighted by molar-refractivity contribution is -0.140. The molecule has 2 aromatic rings. The zero-order valence-corrected chi connectivity index (χ0v) is 17.0. The highest BCUT2D eigenvalue weighted by Crippen LogP contribution is 2.55. The average Bonchev–Trinajstić information content (AvgIpc) is 3.44. The van der Waals surface area contributed by atoms with Gasteiger partial charge in [0.1, 0.15) is 0 Å². The second-order valence-electron chi connectivity index (χ2n) is 8.02. The summed E-state index contributed by atoms with van der Waals surface area (Å²) in [6, 6.07) is 12.4. The van der Waals surface area contributed by atoms with E-state index in [0.29, 0.717) is 49.9 Å². The van der Waals surface area contributed by atoms with E-state index in [1.54, 1.807) is 30.3 Å². The topological polar surface area (TPSA) is 43.8 Å². The lowest BCUT2D eigenvalue weighted by atomic mass is 9.93. The molecule has 0 aromatic heterocycles. The molecule has 4 nitrogen and oxygen atoms in total. The van der Waals surface area contributed by atoms with Gasteiger partial charge in [0.2, 0.25) is 0 Å². The van der Waals surface area contributed by atoms with E-state index in [-0.39, 0.29) is 5.92 Å². The molecular weight excluding hydrogens is 417 g/mol. The van der Waals surface area contributed by atoms with E-state index in [4.69, 9.17) is 11.6 Å². The van der Waals surface area contributed by atoms with Gasteiger partial charge in [0.25, 0.3) is 0 Å². The normalized spacial score (nSPS) is 24.7. The van der Waals surface area contributed by atoms with Crippen LogP contribution in [0.25, 0.3) is 0 Å². The highest BCUT2D eigenvalue weighted by atomic mass is 35.5. The second-order valence-corrected chi connectivity index (χ2v) is 8.46. The van der Waals surface area contributed by atoms with Crippen molar-refractivity contribution in [2.75, 3.05) is 37.6 Å². The lowest BCUT2D eigenvalue weighted by Crippen LogP contribution is -2.47. The summed E-state index contributed by atoms with van der Waals surface area (Å²) in [6.07, 6.45) is -3.77. The van der Waals surface area contributed by atoms with Gasteiger partial charge >= 0.3 is 12.1 Å². The molecule has 4 rings (SSSR count). The summed E-state index contributed by atoms with van der Waals surface area (Å²) in [5, 5.41) is 10.4. The van der Waals surface area contributed by atoms with Gasteiger partial charge in [0.15, 0.2) is 0 Å². The smallest absolute Gasteiger partial charge is 0.416 e. The molecule has 8 heteroatoms. The SMILES string of the molecule is O=C(O)C1(c2ccc(Cl)cc2)CC1CN1CCN(c2cccc(C(F)(F)F)c2)CC1. The third-order valence-corrected chi connectivity index (χ3v) is 6.49. The summed E-state index contributed by atoms with van der Waals surface area (Å²) >= 11 is 5.93. The van der Waals surface area contributed by atoms with Crippen LogP contribution in [-0.2, 0) is 16.4 Å². The highest BCUT2D eigenvalue weighted by molar-refractivity contribution is 6.30. The first kappa shape index (κ1) is 21.0. The first-order valence-corrected chi connectivity index (χ1v) is 10.2. The molecule has 0 amide bonds. The van der Waals surface area contributed by atoms with Crippen LogP contribution in [0.3, 0.4) is 0 Å². The molecule has 1 saturated heterocycles. The van der Waals surface area contributed by atoms with Gasteiger partial charge in [-0.05, 0) is 48.2 Å². The van der Waals surface area contributed by atoms with Gasteiger partial charge in [-0.3, -0.25) is 9.69 Å². The van der Waals surface area contributed by atoms with Crippen molar-refractivity contribution in [3.05, 3.63) is 64.7 Å². The van der Waals surface area contributed by atoms with E-state index in [1.165, 1.54) is 12.1 Å². The molecule has 0 spiro atoms. The number of rotatable bonds is 5. The van der Waals surface area contributed by atoms with E-state index in [0.717, 1.165) is 11.6 Å². The van der Waals surface area contributed by atoms with Crippen molar-refractivity contribution in [3.63, 3.8) is 0 Å². The van der Waals surface area contributed by atoms with Crippen LogP contribution in [0, 0.1) is 5.92 Å². The highest BCUT2D eigenvalue weighted by Gasteiger charge is 2.61. The van der Waals surface area contributed by atoms with Crippen molar-refractivity contribution >= 4 is 23.3 Å². The largest absolute Gasteiger partial charge is 0.481 e. The number of hydrogen-bond acceptors (Lipinski definition) is 3. The van der Waals surface area contributed by atoms with E-state index in [2.05, 4.69) is 4.90 Å². The van der Waals surface area contributed by atoms with Crippen LogP contribution in [0.4, 0.5) is 18.9 Å². The summed E-state index contributed by atoms with van der Waals surface area (Å²) in [7, 11) is 0. The molecule has 1 heterocycles. The molecule has 2 aliphatic rings. The van der Waals surface area contributed by atoms with Crippen molar-refractivity contribution in [1.82, 2.24) is 4.90 Å². The average molecular weight is 439 g/mol. The molecule has 2 fully saturated rings. The molecule has 1 saturated carbocycles. The fraction of sp³-hybridized carbons (Fsp3) is 0.409.